The third-order valence-electron chi connectivity index (χ3n) is 5.52. The standard InChI is InChI=1S/C26H23FN2O2/c1-16-7-10-19(11-8-16)15-29-25(30)23(20-12-9-17(2)18(3)13-20)24(26(29)31)28-22-6-4-5-21(27)14-22/h4-14,28H,15H2,1-3H3. The van der Waals surface area contributed by atoms with E-state index in [0.717, 1.165) is 22.3 Å². The van der Waals surface area contributed by atoms with Gasteiger partial charge in [-0.15, -0.1) is 0 Å². The highest BCUT2D eigenvalue weighted by molar-refractivity contribution is 6.36. The molecule has 0 bridgehead atoms. The molecule has 0 saturated carbocycles. The molecular formula is C26H23FN2O2. The molecule has 3 aromatic rings. The van der Waals surface area contributed by atoms with Crippen LogP contribution in [0.3, 0.4) is 0 Å². The molecule has 31 heavy (non-hydrogen) atoms. The molecule has 0 aliphatic carbocycles. The average Bonchev–Trinajstić information content (AvgIpc) is 2.96. The van der Waals surface area contributed by atoms with Gasteiger partial charge in [0, 0.05) is 5.69 Å². The average molecular weight is 414 g/mol. The van der Waals surface area contributed by atoms with Gasteiger partial charge in [-0.05, 0) is 61.2 Å². The number of carbonyl (C=O) groups is 2. The highest BCUT2D eigenvalue weighted by atomic mass is 19.1. The SMILES string of the molecule is Cc1ccc(CN2C(=O)C(Nc3cccc(F)c3)=C(c3ccc(C)c(C)c3)C2=O)cc1. The lowest BCUT2D eigenvalue weighted by atomic mass is 9.99. The Hall–Kier alpha value is -3.73. The molecular weight excluding hydrogens is 391 g/mol. The molecule has 1 aliphatic rings. The number of amides is 2. The van der Waals surface area contributed by atoms with Crippen LogP contribution < -0.4 is 5.32 Å². The van der Waals surface area contributed by atoms with Gasteiger partial charge in [-0.3, -0.25) is 14.5 Å². The number of imide groups is 1. The van der Waals surface area contributed by atoms with Crippen LogP contribution in [0.25, 0.3) is 5.57 Å². The summed E-state index contributed by atoms with van der Waals surface area (Å²) >= 11 is 0. The van der Waals surface area contributed by atoms with E-state index in [-0.39, 0.29) is 18.1 Å². The Morgan fingerprint density at radius 3 is 2.26 bits per heavy atom. The smallest absolute Gasteiger partial charge is 0.278 e. The van der Waals surface area contributed by atoms with Gasteiger partial charge >= 0.3 is 0 Å². The quantitative estimate of drug-likeness (QED) is 0.588. The third kappa shape index (κ3) is 4.12. The first-order chi connectivity index (χ1) is 14.8. The second-order valence-corrected chi connectivity index (χ2v) is 7.87. The summed E-state index contributed by atoms with van der Waals surface area (Å²) in [5.41, 5.74) is 5.60. The van der Waals surface area contributed by atoms with E-state index in [0.29, 0.717) is 16.8 Å². The highest BCUT2D eigenvalue weighted by Crippen LogP contribution is 2.32. The number of nitrogens with one attached hydrogen (secondary N) is 1. The Bertz CT molecular complexity index is 1210. The van der Waals surface area contributed by atoms with Gasteiger partial charge in [-0.25, -0.2) is 4.39 Å². The zero-order chi connectivity index (χ0) is 22.1. The van der Waals surface area contributed by atoms with Crippen molar-refractivity contribution in [1.29, 1.82) is 0 Å². The molecule has 0 fully saturated rings. The summed E-state index contributed by atoms with van der Waals surface area (Å²) in [6, 6.07) is 19.2. The molecule has 0 aromatic heterocycles. The number of halogens is 1. The summed E-state index contributed by atoms with van der Waals surface area (Å²) in [4.78, 5) is 27.9. The molecule has 4 rings (SSSR count). The van der Waals surface area contributed by atoms with E-state index in [1.54, 1.807) is 12.1 Å². The van der Waals surface area contributed by atoms with Crippen molar-refractivity contribution in [3.05, 3.63) is 106 Å². The van der Waals surface area contributed by atoms with Gasteiger partial charge in [0.2, 0.25) is 0 Å². The summed E-state index contributed by atoms with van der Waals surface area (Å²) in [6.45, 7) is 6.10. The molecule has 5 heteroatoms. The molecule has 1 N–H and O–H groups in total. The van der Waals surface area contributed by atoms with Crippen LogP contribution in [0.4, 0.5) is 10.1 Å². The fraction of sp³-hybridized carbons (Fsp3) is 0.154. The molecule has 156 valence electrons. The van der Waals surface area contributed by atoms with E-state index in [2.05, 4.69) is 5.32 Å². The summed E-state index contributed by atoms with van der Waals surface area (Å²) in [7, 11) is 0. The van der Waals surface area contributed by atoms with Gasteiger partial charge in [0.1, 0.15) is 11.5 Å². The van der Waals surface area contributed by atoms with Crippen molar-refractivity contribution in [3.63, 3.8) is 0 Å². The van der Waals surface area contributed by atoms with Crippen LogP contribution in [0.2, 0.25) is 0 Å². The predicted molar refractivity (Wildman–Crippen MR) is 120 cm³/mol. The summed E-state index contributed by atoms with van der Waals surface area (Å²) in [5.74, 6) is -1.22. The Labute approximate surface area is 181 Å². The molecule has 1 aliphatic heterocycles. The van der Waals surface area contributed by atoms with Crippen LogP contribution in [0, 0.1) is 26.6 Å². The molecule has 4 nitrogen and oxygen atoms in total. The Morgan fingerprint density at radius 1 is 0.839 bits per heavy atom. The maximum atomic E-state index is 13.7. The van der Waals surface area contributed by atoms with Crippen LogP contribution >= 0.6 is 0 Å². The van der Waals surface area contributed by atoms with Crippen molar-refractivity contribution >= 4 is 23.1 Å². The number of carbonyl (C=O) groups excluding carboxylic acids is 2. The van der Waals surface area contributed by atoms with Gasteiger partial charge in [0.25, 0.3) is 11.8 Å². The van der Waals surface area contributed by atoms with E-state index >= 15 is 0 Å². The fourth-order valence-electron chi connectivity index (χ4n) is 3.59. The summed E-state index contributed by atoms with van der Waals surface area (Å²) < 4.78 is 13.7. The molecule has 0 unspecified atom stereocenters. The fourth-order valence-corrected chi connectivity index (χ4v) is 3.59. The van der Waals surface area contributed by atoms with Crippen molar-refractivity contribution in [3.8, 4) is 0 Å². The minimum atomic E-state index is -0.428. The van der Waals surface area contributed by atoms with E-state index in [4.69, 9.17) is 0 Å². The highest BCUT2D eigenvalue weighted by Gasteiger charge is 2.39. The normalized spacial score (nSPS) is 13.9. The van der Waals surface area contributed by atoms with Crippen LogP contribution in [-0.4, -0.2) is 16.7 Å². The number of anilines is 1. The number of hydrogen-bond donors (Lipinski definition) is 1. The van der Waals surface area contributed by atoms with E-state index < -0.39 is 11.7 Å². The van der Waals surface area contributed by atoms with Crippen LogP contribution in [0.15, 0.2) is 72.4 Å². The predicted octanol–water partition coefficient (Wildman–Crippen LogP) is 5.14. The monoisotopic (exact) mass is 414 g/mol. The largest absolute Gasteiger partial charge is 0.350 e. The van der Waals surface area contributed by atoms with E-state index in [1.807, 2.05) is 63.2 Å². The zero-order valence-corrected chi connectivity index (χ0v) is 17.7. The van der Waals surface area contributed by atoms with Crippen LogP contribution in [0.1, 0.15) is 27.8 Å². The molecule has 0 radical (unpaired) electrons. The Morgan fingerprint density at radius 2 is 1.58 bits per heavy atom. The summed E-state index contributed by atoms with van der Waals surface area (Å²) in [5, 5.41) is 3.00. The number of hydrogen-bond acceptors (Lipinski definition) is 3. The Balaban J connectivity index is 1.76. The molecule has 0 saturated heterocycles. The lowest BCUT2D eigenvalue weighted by Crippen LogP contribution is -2.32. The van der Waals surface area contributed by atoms with Crippen LogP contribution in [-0.2, 0) is 16.1 Å². The zero-order valence-electron chi connectivity index (χ0n) is 17.7. The van der Waals surface area contributed by atoms with Gasteiger partial charge < -0.3 is 5.32 Å². The number of rotatable bonds is 5. The molecule has 1 heterocycles. The molecule has 0 spiro atoms. The second kappa shape index (κ2) is 8.19. The maximum Gasteiger partial charge on any atom is 0.278 e. The van der Waals surface area contributed by atoms with E-state index in [9.17, 15) is 14.0 Å². The number of benzene rings is 3. The van der Waals surface area contributed by atoms with Crippen molar-refractivity contribution < 1.29 is 14.0 Å². The van der Waals surface area contributed by atoms with Gasteiger partial charge in [-0.2, -0.15) is 0 Å². The van der Waals surface area contributed by atoms with E-state index in [1.165, 1.54) is 17.0 Å². The summed E-state index contributed by atoms with van der Waals surface area (Å²) in [6.07, 6.45) is 0. The Kier molecular flexibility index (Phi) is 5.42. The molecule has 3 aromatic carbocycles. The van der Waals surface area contributed by atoms with Crippen molar-refractivity contribution in [2.24, 2.45) is 0 Å². The first kappa shape index (κ1) is 20.5. The lowest BCUT2D eigenvalue weighted by molar-refractivity contribution is -0.137. The number of nitrogens with zero attached hydrogens (tertiary/aromatic N) is 1. The molecule has 0 atom stereocenters. The van der Waals surface area contributed by atoms with Crippen molar-refractivity contribution in [1.82, 2.24) is 4.90 Å². The second-order valence-electron chi connectivity index (χ2n) is 7.87. The minimum absolute atomic E-state index is 0.158. The lowest BCUT2D eigenvalue weighted by Gasteiger charge is -2.15. The molecule has 2 amide bonds. The van der Waals surface area contributed by atoms with Gasteiger partial charge in [0.15, 0.2) is 0 Å². The van der Waals surface area contributed by atoms with Crippen molar-refractivity contribution in [2.75, 3.05) is 5.32 Å². The first-order valence-electron chi connectivity index (χ1n) is 10.1. The van der Waals surface area contributed by atoms with Crippen LogP contribution in [0.5, 0.6) is 0 Å². The first-order valence-corrected chi connectivity index (χ1v) is 10.1. The van der Waals surface area contributed by atoms with Gasteiger partial charge in [0.05, 0.1) is 12.1 Å². The van der Waals surface area contributed by atoms with Crippen molar-refractivity contribution in [2.45, 2.75) is 27.3 Å². The topological polar surface area (TPSA) is 49.4 Å². The number of aryl methyl sites for hydroxylation is 3. The minimum Gasteiger partial charge on any atom is -0.350 e. The maximum absolute atomic E-state index is 13.7. The third-order valence-corrected chi connectivity index (χ3v) is 5.52. The van der Waals surface area contributed by atoms with Gasteiger partial charge in [-0.1, -0.05) is 54.1 Å².